The number of para-hydroxylation sites is 1. The highest BCUT2D eigenvalue weighted by Crippen LogP contribution is 2.24. The van der Waals surface area contributed by atoms with Crippen molar-refractivity contribution in [2.24, 2.45) is 0 Å². The molecule has 0 heterocycles. The van der Waals surface area contributed by atoms with E-state index in [-0.39, 0.29) is 5.82 Å². The van der Waals surface area contributed by atoms with Crippen molar-refractivity contribution in [2.45, 2.75) is 13.3 Å². The predicted molar refractivity (Wildman–Crippen MR) is 52.9 cm³/mol. The molecule has 0 radical (unpaired) electrons. The zero-order valence-electron chi connectivity index (χ0n) is 6.90. The quantitative estimate of drug-likeness (QED) is 0.841. The van der Waals surface area contributed by atoms with Crippen LogP contribution in [0.1, 0.15) is 13.3 Å². The molecule has 0 spiro atoms. The summed E-state index contributed by atoms with van der Waals surface area (Å²) in [5.41, 5.74) is 0.555. The second-order valence-corrected chi connectivity index (χ2v) is 3.38. The van der Waals surface area contributed by atoms with Gasteiger partial charge in [0.15, 0.2) is 0 Å². The lowest BCUT2D eigenvalue weighted by molar-refractivity contribution is 0.629. The van der Waals surface area contributed by atoms with Crippen LogP contribution in [-0.4, -0.2) is 6.54 Å². The summed E-state index contributed by atoms with van der Waals surface area (Å²) < 4.78 is 13.9. The van der Waals surface area contributed by atoms with Gasteiger partial charge in [-0.1, -0.05) is 13.0 Å². The molecule has 0 aliphatic carbocycles. The molecule has 1 rings (SSSR count). The molecule has 0 aromatic heterocycles. The van der Waals surface area contributed by atoms with E-state index < -0.39 is 0 Å². The first-order valence-electron chi connectivity index (χ1n) is 3.93. The maximum atomic E-state index is 13.1. The molecule has 0 bridgehead atoms. The van der Waals surface area contributed by atoms with Gasteiger partial charge in [-0.3, -0.25) is 0 Å². The molecule has 1 aromatic carbocycles. The molecule has 0 saturated carbocycles. The number of halogens is 2. The Labute approximate surface area is 80.1 Å². The van der Waals surface area contributed by atoms with Gasteiger partial charge in [-0.05, 0) is 34.5 Å². The van der Waals surface area contributed by atoms with Crippen LogP contribution in [0.2, 0.25) is 0 Å². The Kier molecular flexibility index (Phi) is 3.53. The Bertz CT molecular complexity index is 242. The summed E-state index contributed by atoms with van der Waals surface area (Å²) in [6.07, 6.45) is 0.987. The lowest BCUT2D eigenvalue weighted by Crippen LogP contribution is -2.02. The van der Waals surface area contributed by atoms with Gasteiger partial charge in [0.1, 0.15) is 5.82 Å². The van der Waals surface area contributed by atoms with Gasteiger partial charge in [0.25, 0.3) is 0 Å². The van der Waals surface area contributed by atoms with E-state index in [2.05, 4.69) is 21.2 Å². The van der Waals surface area contributed by atoms with E-state index >= 15 is 0 Å². The van der Waals surface area contributed by atoms with Crippen LogP contribution < -0.4 is 5.32 Å². The van der Waals surface area contributed by atoms with E-state index in [1.165, 1.54) is 6.07 Å². The smallest absolute Gasteiger partial charge is 0.147 e. The molecule has 12 heavy (non-hydrogen) atoms. The zero-order valence-corrected chi connectivity index (χ0v) is 8.49. The van der Waals surface area contributed by atoms with Crippen molar-refractivity contribution in [3.63, 3.8) is 0 Å². The molecule has 1 nitrogen and oxygen atoms in total. The SMILES string of the molecule is CCCNc1c(F)cccc1Br. The molecule has 0 atom stereocenters. The maximum Gasteiger partial charge on any atom is 0.147 e. The normalized spacial score (nSPS) is 9.92. The molecule has 3 heteroatoms. The monoisotopic (exact) mass is 231 g/mol. The number of anilines is 1. The summed E-state index contributed by atoms with van der Waals surface area (Å²) in [5, 5.41) is 3.01. The molecule has 1 aromatic rings. The van der Waals surface area contributed by atoms with E-state index in [1.807, 2.05) is 13.0 Å². The zero-order chi connectivity index (χ0) is 8.97. The van der Waals surface area contributed by atoms with Crippen LogP contribution in [0.25, 0.3) is 0 Å². The Morgan fingerprint density at radius 1 is 1.50 bits per heavy atom. The van der Waals surface area contributed by atoms with Crippen LogP contribution in [-0.2, 0) is 0 Å². The number of nitrogens with one attached hydrogen (secondary N) is 1. The summed E-state index contributed by atoms with van der Waals surface area (Å²) in [4.78, 5) is 0. The summed E-state index contributed by atoms with van der Waals surface area (Å²) in [7, 11) is 0. The van der Waals surface area contributed by atoms with Crippen molar-refractivity contribution in [1.82, 2.24) is 0 Å². The van der Waals surface area contributed by atoms with E-state index in [0.717, 1.165) is 17.4 Å². The molecule has 66 valence electrons. The fraction of sp³-hybridized carbons (Fsp3) is 0.333. The minimum atomic E-state index is -0.210. The Balaban J connectivity index is 2.81. The molecule has 1 N–H and O–H groups in total. The third-order valence-electron chi connectivity index (χ3n) is 1.51. The van der Waals surface area contributed by atoms with Crippen LogP contribution in [0.15, 0.2) is 22.7 Å². The molecular formula is C9H11BrFN. The van der Waals surface area contributed by atoms with Crippen LogP contribution in [0.4, 0.5) is 10.1 Å². The topological polar surface area (TPSA) is 12.0 Å². The standard InChI is InChI=1S/C9H11BrFN/c1-2-6-12-9-7(10)4-3-5-8(9)11/h3-5,12H,2,6H2,1H3. The summed E-state index contributed by atoms with van der Waals surface area (Å²) >= 11 is 3.27. The summed E-state index contributed by atoms with van der Waals surface area (Å²) in [5.74, 6) is -0.210. The predicted octanol–water partition coefficient (Wildman–Crippen LogP) is 3.41. The van der Waals surface area contributed by atoms with Gasteiger partial charge in [0.2, 0.25) is 0 Å². The third-order valence-corrected chi connectivity index (χ3v) is 2.18. The van der Waals surface area contributed by atoms with Gasteiger partial charge in [0, 0.05) is 11.0 Å². The van der Waals surface area contributed by atoms with Gasteiger partial charge >= 0.3 is 0 Å². The number of benzene rings is 1. The van der Waals surface area contributed by atoms with Gasteiger partial charge in [-0.2, -0.15) is 0 Å². The first-order valence-corrected chi connectivity index (χ1v) is 4.73. The van der Waals surface area contributed by atoms with Gasteiger partial charge in [0.05, 0.1) is 5.69 Å². The van der Waals surface area contributed by atoms with Gasteiger partial charge < -0.3 is 5.32 Å². The highest BCUT2D eigenvalue weighted by atomic mass is 79.9. The third kappa shape index (κ3) is 2.21. The van der Waals surface area contributed by atoms with Crippen LogP contribution in [0.5, 0.6) is 0 Å². The van der Waals surface area contributed by atoms with Gasteiger partial charge in [-0.25, -0.2) is 4.39 Å². The molecular weight excluding hydrogens is 221 g/mol. The maximum absolute atomic E-state index is 13.1. The van der Waals surface area contributed by atoms with Crippen molar-refractivity contribution in [3.8, 4) is 0 Å². The summed E-state index contributed by atoms with van der Waals surface area (Å²) in [6.45, 7) is 2.83. The van der Waals surface area contributed by atoms with Crippen molar-refractivity contribution in [3.05, 3.63) is 28.5 Å². The van der Waals surface area contributed by atoms with Crippen LogP contribution in [0.3, 0.4) is 0 Å². The minimum Gasteiger partial charge on any atom is -0.382 e. The first kappa shape index (κ1) is 9.52. The van der Waals surface area contributed by atoms with E-state index in [9.17, 15) is 4.39 Å². The highest BCUT2D eigenvalue weighted by molar-refractivity contribution is 9.10. The average molecular weight is 232 g/mol. The fourth-order valence-electron chi connectivity index (χ4n) is 0.917. The van der Waals surface area contributed by atoms with Crippen molar-refractivity contribution >= 4 is 21.6 Å². The van der Waals surface area contributed by atoms with E-state index in [4.69, 9.17) is 0 Å². The molecule has 0 fully saturated rings. The van der Waals surface area contributed by atoms with Crippen molar-refractivity contribution in [1.29, 1.82) is 0 Å². The molecule has 0 amide bonds. The molecule has 0 aliphatic heterocycles. The Morgan fingerprint density at radius 2 is 2.25 bits per heavy atom. The first-order chi connectivity index (χ1) is 5.75. The second-order valence-electron chi connectivity index (χ2n) is 2.52. The van der Waals surface area contributed by atoms with Gasteiger partial charge in [-0.15, -0.1) is 0 Å². The summed E-state index contributed by atoms with van der Waals surface area (Å²) in [6, 6.07) is 4.94. The van der Waals surface area contributed by atoms with Crippen LogP contribution >= 0.6 is 15.9 Å². The second kappa shape index (κ2) is 4.45. The largest absolute Gasteiger partial charge is 0.382 e. The molecule has 0 saturated heterocycles. The molecule has 0 aliphatic rings. The number of rotatable bonds is 3. The Morgan fingerprint density at radius 3 is 2.83 bits per heavy atom. The molecule has 0 unspecified atom stereocenters. The number of hydrogen-bond donors (Lipinski definition) is 1. The highest BCUT2D eigenvalue weighted by Gasteiger charge is 2.03. The Hall–Kier alpha value is -0.570. The minimum absolute atomic E-state index is 0.210. The van der Waals surface area contributed by atoms with E-state index in [0.29, 0.717) is 5.69 Å². The number of hydrogen-bond acceptors (Lipinski definition) is 1. The lowest BCUT2D eigenvalue weighted by atomic mass is 10.3. The van der Waals surface area contributed by atoms with Crippen molar-refractivity contribution in [2.75, 3.05) is 11.9 Å². The van der Waals surface area contributed by atoms with Crippen LogP contribution in [0, 0.1) is 5.82 Å². The van der Waals surface area contributed by atoms with E-state index in [1.54, 1.807) is 6.07 Å². The average Bonchev–Trinajstić information content (AvgIpc) is 2.04. The lowest BCUT2D eigenvalue weighted by Gasteiger charge is -2.07. The fourth-order valence-corrected chi connectivity index (χ4v) is 1.40. The van der Waals surface area contributed by atoms with Crippen molar-refractivity contribution < 1.29 is 4.39 Å².